The number of thioether (sulfide) groups is 1. The zero-order chi connectivity index (χ0) is 15.1. The average molecular weight is 300 g/mol. The van der Waals surface area contributed by atoms with Gasteiger partial charge in [0.1, 0.15) is 0 Å². The van der Waals surface area contributed by atoms with Gasteiger partial charge in [0.25, 0.3) is 0 Å². The van der Waals surface area contributed by atoms with Crippen molar-refractivity contribution in [2.45, 2.75) is 17.9 Å². The van der Waals surface area contributed by atoms with E-state index in [4.69, 9.17) is 0 Å². The third kappa shape index (κ3) is 4.83. The zero-order valence-electron chi connectivity index (χ0n) is 12.3. The number of hydrogen-bond donors (Lipinski definition) is 2. The van der Waals surface area contributed by atoms with Crippen LogP contribution in [-0.2, 0) is 17.8 Å². The van der Waals surface area contributed by atoms with E-state index in [-0.39, 0.29) is 5.91 Å². The largest absolute Gasteiger partial charge is 0.381 e. The lowest BCUT2D eigenvalue weighted by Gasteiger charge is -2.08. The van der Waals surface area contributed by atoms with E-state index in [2.05, 4.69) is 41.2 Å². The summed E-state index contributed by atoms with van der Waals surface area (Å²) in [6.07, 6.45) is 2.50. The fourth-order valence-electron chi connectivity index (χ4n) is 1.96. The lowest BCUT2D eigenvalue weighted by atomic mass is 10.1. The molecule has 0 bridgehead atoms. The molecule has 0 aliphatic rings. The minimum atomic E-state index is 0.0320. The van der Waals surface area contributed by atoms with E-state index in [0.717, 1.165) is 17.8 Å². The van der Waals surface area contributed by atoms with Crippen molar-refractivity contribution in [3.63, 3.8) is 0 Å². The Morgan fingerprint density at radius 1 is 1.00 bits per heavy atom. The molecule has 1 amide bonds. The van der Waals surface area contributed by atoms with Gasteiger partial charge in [-0.25, -0.2) is 0 Å². The van der Waals surface area contributed by atoms with Gasteiger partial charge in [-0.05, 0) is 41.6 Å². The van der Waals surface area contributed by atoms with Gasteiger partial charge in [-0.3, -0.25) is 4.79 Å². The van der Waals surface area contributed by atoms with Crippen molar-refractivity contribution >= 4 is 23.4 Å². The highest BCUT2D eigenvalue weighted by Crippen LogP contribution is 2.16. The smallest absolute Gasteiger partial charge is 0.224 e. The molecule has 2 N–H and O–H groups in total. The topological polar surface area (TPSA) is 41.1 Å². The van der Waals surface area contributed by atoms with E-state index in [1.54, 1.807) is 18.8 Å². The van der Waals surface area contributed by atoms with Crippen LogP contribution in [0.1, 0.15) is 11.1 Å². The van der Waals surface area contributed by atoms with Gasteiger partial charge in [0.15, 0.2) is 0 Å². The lowest BCUT2D eigenvalue weighted by molar-refractivity contribution is -0.119. The van der Waals surface area contributed by atoms with Crippen molar-refractivity contribution in [3.8, 4) is 0 Å². The molecule has 21 heavy (non-hydrogen) atoms. The second-order valence-electron chi connectivity index (χ2n) is 4.75. The highest BCUT2D eigenvalue weighted by Gasteiger charge is 2.01. The monoisotopic (exact) mass is 300 g/mol. The molecule has 3 nitrogen and oxygen atoms in total. The number of carbonyl (C=O) groups excluding carboxylic acids is 1. The second-order valence-corrected chi connectivity index (χ2v) is 5.63. The van der Waals surface area contributed by atoms with Crippen molar-refractivity contribution in [1.82, 2.24) is 5.32 Å². The molecule has 2 aromatic rings. The second kappa shape index (κ2) is 7.74. The van der Waals surface area contributed by atoms with Gasteiger partial charge in [-0.1, -0.05) is 24.3 Å². The summed E-state index contributed by atoms with van der Waals surface area (Å²) in [6, 6.07) is 16.5. The molecule has 2 rings (SSSR count). The Kier molecular flexibility index (Phi) is 5.69. The molecule has 0 radical (unpaired) electrons. The summed E-state index contributed by atoms with van der Waals surface area (Å²) in [7, 11) is 1.65. The number of amides is 1. The molecule has 0 fully saturated rings. The normalized spacial score (nSPS) is 10.2. The van der Waals surface area contributed by atoms with Crippen molar-refractivity contribution in [2.75, 3.05) is 18.6 Å². The number of benzene rings is 2. The predicted octanol–water partition coefficient (Wildman–Crippen LogP) is 3.31. The van der Waals surface area contributed by atoms with Crippen LogP contribution in [0.3, 0.4) is 0 Å². The van der Waals surface area contributed by atoms with Gasteiger partial charge >= 0.3 is 0 Å². The number of anilines is 1. The summed E-state index contributed by atoms with van der Waals surface area (Å²) in [5.74, 6) is 0.0320. The van der Waals surface area contributed by atoms with Crippen LogP contribution in [-0.4, -0.2) is 19.2 Å². The number of likely N-dealkylation sites (N-methyl/N-ethyl adjacent to an activating group) is 1. The van der Waals surface area contributed by atoms with Crippen molar-refractivity contribution in [2.24, 2.45) is 0 Å². The SMILES string of the molecule is CNC(=O)Cc1ccc(NCc2ccc(SC)cc2)cc1. The Morgan fingerprint density at radius 3 is 2.19 bits per heavy atom. The quantitative estimate of drug-likeness (QED) is 0.804. The molecular formula is C17H20N2OS. The Hall–Kier alpha value is -1.94. The average Bonchev–Trinajstić information content (AvgIpc) is 2.54. The maximum Gasteiger partial charge on any atom is 0.224 e. The van der Waals surface area contributed by atoms with E-state index >= 15 is 0 Å². The third-order valence-electron chi connectivity index (χ3n) is 3.25. The van der Waals surface area contributed by atoms with Crippen LogP contribution in [0.2, 0.25) is 0 Å². The molecule has 0 heterocycles. The molecule has 0 aromatic heterocycles. The maximum atomic E-state index is 11.3. The fourth-order valence-corrected chi connectivity index (χ4v) is 2.37. The standard InChI is InChI=1S/C17H20N2OS/c1-18-17(20)11-13-3-7-15(8-4-13)19-12-14-5-9-16(21-2)10-6-14/h3-10,19H,11-12H2,1-2H3,(H,18,20). The Labute approximate surface area is 130 Å². The summed E-state index contributed by atoms with van der Waals surface area (Å²) < 4.78 is 0. The van der Waals surface area contributed by atoms with E-state index in [1.165, 1.54) is 10.5 Å². The molecule has 0 unspecified atom stereocenters. The lowest BCUT2D eigenvalue weighted by Crippen LogP contribution is -2.19. The molecule has 0 atom stereocenters. The van der Waals surface area contributed by atoms with Gasteiger partial charge < -0.3 is 10.6 Å². The van der Waals surface area contributed by atoms with Crippen molar-refractivity contribution in [3.05, 3.63) is 59.7 Å². The van der Waals surface area contributed by atoms with E-state index in [9.17, 15) is 4.79 Å². The third-order valence-corrected chi connectivity index (χ3v) is 4.00. The minimum absolute atomic E-state index is 0.0320. The van der Waals surface area contributed by atoms with Crippen LogP contribution < -0.4 is 10.6 Å². The van der Waals surface area contributed by atoms with Gasteiger partial charge in [0.05, 0.1) is 6.42 Å². The molecule has 0 spiro atoms. The van der Waals surface area contributed by atoms with Gasteiger partial charge in [0, 0.05) is 24.2 Å². The summed E-state index contributed by atoms with van der Waals surface area (Å²) >= 11 is 1.75. The van der Waals surface area contributed by atoms with Crippen molar-refractivity contribution < 1.29 is 4.79 Å². The molecular weight excluding hydrogens is 280 g/mol. The van der Waals surface area contributed by atoms with Crippen LogP contribution >= 0.6 is 11.8 Å². The number of carbonyl (C=O) groups is 1. The van der Waals surface area contributed by atoms with E-state index in [1.807, 2.05) is 24.3 Å². The molecule has 2 aromatic carbocycles. The van der Waals surface area contributed by atoms with Gasteiger partial charge in [-0.2, -0.15) is 0 Å². The molecule has 0 saturated carbocycles. The summed E-state index contributed by atoms with van der Waals surface area (Å²) in [6.45, 7) is 0.795. The summed E-state index contributed by atoms with van der Waals surface area (Å²) in [5, 5.41) is 6.01. The van der Waals surface area contributed by atoms with E-state index in [0.29, 0.717) is 6.42 Å². The van der Waals surface area contributed by atoms with E-state index < -0.39 is 0 Å². The van der Waals surface area contributed by atoms with Crippen molar-refractivity contribution in [1.29, 1.82) is 0 Å². The van der Waals surface area contributed by atoms with Crippen LogP contribution in [0.5, 0.6) is 0 Å². The molecule has 0 aliphatic heterocycles. The zero-order valence-corrected chi connectivity index (χ0v) is 13.2. The van der Waals surface area contributed by atoms with Gasteiger partial charge in [-0.15, -0.1) is 11.8 Å². The Morgan fingerprint density at radius 2 is 1.62 bits per heavy atom. The molecule has 110 valence electrons. The first-order chi connectivity index (χ1) is 10.2. The Bertz CT molecular complexity index is 579. The molecule has 4 heteroatoms. The van der Waals surface area contributed by atoms with Crippen LogP contribution in [0.25, 0.3) is 0 Å². The first-order valence-electron chi connectivity index (χ1n) is 6.87. The number of rotatable bonds is 6. The Balaban J connectivity index is 1.89. The van der Waals surface area contributed by atoms with Crippen LogP contribution in [0, 0.1) is 0 Å². The maximum absolute atomic E-state index is 11.3. The van der Waals surface area contributed by atoms with Crippen LogP contribution in [0.4, 0.5) is 5.69 Å². The first kappa shape index (κ1) is 15.4. The molecule has 0 aliphatic carbocycles. The fraction of sp³-hybridized carbons (Fsp3) is 0.235. The van der Waals surface area contributed by atoms with Crippen LogP contribution in [0.15, 0.2) is 53.4 Å². The first-order valence-corrected chi connectivity index (χ1v) is 8.10. The van der Waals surface area contributed by atoms with Gasteiger partial charge in [0.2, 0.25) is 5.91 Å². The number of hydrogen-bond acceptors (Lipinski definition) is 3. The minimum Gasteiger partial charge on any atom is -0.381 e. The predicted molar refractivity (Wildman–Crippen MR) is 89.8 cm³/mol. The highest BCUT2D eigenvalue weighted by molar-refractivity contribution is 7.98. The highest BCUT2D eigenvalue weighted by atomic mass is 32.2. The summed E-state index contributed by atoms with van der Waals surface area (Å²) in [5.41, 5.74) is 3.33. The molecule has 0 saturated heterocycles. The summed E-state index contributed by atoms with van der Waals surface area (Å²) in [4.78, 5) is 12.6. The number of nitrogens with one attached hydrogen (secondary N) is 2.